The molecule has 0 heterocycles. The van der Waals surface area contributed by atoms with Gasteiger partial charge in [0.05, 0.1) is 7.11 Å². The van der Waals surface area contributed by atoms with Crippen LogP contribution in [-0.2, 0) is 9.57 Å². The summed E-state index contributed by atoms with van der Waals surface area (Å²) in [7, 11) is 1.58. The molecule has 7 heteroatoms. The van der Waals surface area contributed by atoms with Crippen molar-refractivity contribution in [3.8, 4) is 22.6 Å². The quantitative estimate of drug-likeness (QED) is 0.496. The Labute approximate surface area is 186 Å². The minimum Gasteiger partial charge on any atom is -0.497 e. The van der Waals surface area contributed by atoms with Gasteiger partial charge in [0.1, 0.15) is 37.4 Å². The molecule has 2 N–H and O–H groups in total. The second-order valence-electron chi connectivity index (χ2n) is 7.38. The van der Waals surface area contributed by atoms with E-state index in [1.165, 1.54) is 0 Å². The predicted molar refractivity (Wildman–Crippen MR) is 119 cm³/mol. The molecule has 4 rings (SSSR count). The molecule has 166 valence electrons. The van der Waals surface area contributed by atoms with Gasteiger partial charge in [0.15, 0.2) is 0 Å². The highest BCUT2D eigenvalue weighted by atomic mass is 16.7. The topological polar surface area (TPSA) is 86.3 Å². The third-order valence-electron chi connectivity index (χ3n) is 5.28. The maximum Gasteiger partial charge on any atom is 0.431 e. The van der Waals surface area contributed by atoms with Crippen molar-refractivity contribution < 1.29 is 28.9 Å². The zero-order valence-corrected chi connectivity index (χ0v) is 17.7. The summed E-state index contributed by atoms with van der Waals surface area (Å²) in [5.74, 6) is 1.28. The molecule has 0 fully saturated rings. The van der Waals surface area contributed by atoms with Crippen molar-refractivity contribution in [2.24, 2.45) is 0 Å². The van der Waals surface area contributed by atoms with Gasteiger partial charge in [0.25, 0.3) is 0 Å². The van der Waals surface area contributed by atoms with E-state index >= 15 is 0 Å². The van der Waals surface area contributed by atoms with Crippen LogP contribution in [0.2, 0.25) is 0 Å². The van der Waals surface area contributed by atoms with Gasteiger partial charge in [-0.2, -0.15) is 5.48 Å². The number of hydrogen-bond acceptors (Lipinski definition) is 6. The van der Waals surface area contributed by atoms with E-state index in [-0.39, 0.29) is 25.7 Å². The highest BCUT2D eigenvalue weighted by Gasteiger charge is 2.29. The van der Waals surface area contributed by atoms with Crippen LogP contribution >= 0.6 is 0 Å². The summed E-state index contributed by atoms with van der Waals surface area (Å²) in [6.45, 7) is 0.0609. The lowest BCUT2D eigenvalue weighted by atomic mass is 9.98. The Hall–Kier alpha value is -3.55. The first-order chi connectivity index (χ1) is 15.7. The summed E-state index contributed by atoms with van der Waals surface area (Å²) in [5, 5.41) is 9.98. The molecule has 1 atom stereocenters. The SMILES string of the molecule is COc1ccc(OCC(O)CONC(=O)OCC2c3ccccc3-c3ccccc32)cc1. The first-order valence-corrected chi connectivity index (χ1v) is 10.3. The van der Waals surface area contributed by atoms with Crippen LogP contribution in [0.3, 0.4) is 0 Å². The number of carbonyl (C=O) groups is 1. The minimum absolute atomic E-state index is 0.0126. The Kier molecular flexibility index (Phi) is 6.89. The van der Waals surface area contributed by atoms with Gasteiger partial charge < -0.3 is 19.3 Å². The van der Waals surface area contributed by atoms with Gasteiger partial charge in [-0.15, -0.1) is 0 Å². The number of methoxy groups -OCH3 is 1. The molecule has 3 aromatic rings. The van der Waals surface area contributed by atoms with Crippen molar-refractivity contribution in [1.82, 2.24) is 5.48 Å². The van der Waals surface area contributed by atoms with E-state index in [9.17, 15) is 9.90 Å². The van der Waals surface area contributed by atoms with Crippen LogP contribution in [0.15, 0.2) is 72.8 Å². The second kappa shape index (κ2) is 10.2. The Morgan fingerprint density at radius 3 is 2.12 bits per heavy atom. The fourth-order valence-electron chi connectivity index (χ4n) is 3.74. The Morgan fingerprint density at radius 1 is 0.906 bits per heavy atom. The number of carbonyl (C=O) groups excluding carboxylic acids is 1. The summed E-state index contributed by atoms with van der Waals surface area (Å²) in [4.78, 5) is 17.1. The van der Waals surface area contributed by atoms with Crippen molar-refractivity contribution in [1.29, 1.82) is 0 Å². The van der Waals surface area contributed by atoms with Crippen molar-refractivity contribution >= 4 is 6.09 Å². The Morgan fingerprint density at radius 2 is 1.50 bits per heavy atom. The summed E-state index contributed by atoms with van der Waals surface area (Å²) in [6.07, 6.45) is -1.64. The molecule has 0 spiro atoms. The molecule has 1 aliphatic rings. The normalized spacial score (nSPS) is 13.1. The lowest BCUT2D eigenvalue weighted by Gasteiger charge is -2.15. The van der Waals surface area contributed by atoms with Gasteiger partial charge in [-0.3, -0.25) is 4.84 Å². The third-order valence-corrected chi connectivity index (χ3v) is 5.28. The lowest BCUT2D eigenvalue weighted by Crippen LogP contribution is -2.32. The van der Waals surface area contributed by atoms with Crippen LogP contribution in [0, 0.1) is 0 Å². The molecule has 0 aliphatic heterocycles. The molecular weight excluding hydrogens is 410 g/mol. The maximum absolute atomic E-state index is 12.1. The predicted octanol–water partition coefficient (Wildman–Crippen LogP) is 3.91. The van der Waals surface area contributed by atoms with Gasteiger partial charge >= 0.3 is 6.09 Å². The van der Waals surface area contributed by atoms with Crippen LogP contribution in [0.1, 0.15) is 17.0 Å². The third kappa shape index (κ3) is 5.01. The molecule has 0 saturated carbocycles. The summed E-state index contributed by atoms with van der Waals surface area (Å²) >= 11 is 0. The van der Waals surface area contributed by atoms with Crippen molar-refractivity contribution in [3.05, 3.63) is 83.9 Å². The molecule has 1 amide bonds. The van der Waals surface area contributed by atoms with Crippen LogP contribution < -0.4 is 15.0 Å². The van der Waals surface area contributed by atoms with Crippen LogP contribution in [0.4, 0.5) is 4.79 Å². The average Bonchev–Trinajstić information content (AvgIpc) is 3.15. The highest BCUT2D eigenvalue weighted by Crippen LogP contribution is 2.44. The first kappa shape index (κ1) is 21.7. The van der Waals surface area contributed by atoms with Gasteiger partial charge in [0.2, 0.25) is 0 Å². The van der Waals surface area contributed by atoms with E-state index < -0.39 is 12.2 Å². The molecule has 7 nitrogen and oxygen atoms in total. The monoisotopic (exact) mass is 435 g/mol. The number of hydrogen-bond donors (Lipinski definition) is 2. The lowest BCUT2D eigenvalue weighted by molar-refractivity contribution is -0.0316. The number of hydroxylamine groups is 1. The molecule has 32 heavy (non-hydrogen) atoms. The summed E-state index contributed by atoms with van der Waals surface area (Å²) in [5.41, 5.74) is 6.79. The largest absolute Gasteiger partial charge is 0.497 e. The fourth-order valence-corrected chi connectivity index (χ4v) is 3.74. The van der Waals surface area contributed by atoms with Crippen LogP contribution in [0.25, 0.3) is 11.1 Å². The fraction of sp³-hybridized carbons (Fsp3) is 0.240. The molecule has 1 aliphatic carbocycles. The van der Waals surface area contributed by atoms with Crippen molar-refractivity contribution in [3.63, 3.8) is 0 Å². The molecule has 0 saturated heterocycles. The number of ether oxygens (including phenoxy) is 3. The Balaban J connectivity index is 1.20. The standard InChI is InChI=1S/C25H25NO6/c1-29-18-10-12-19(13-11-18)30-14-17(27)15-32-26-25(28)31-16-24-22-8-4-2-6-20(22)21-7-3-5-9-23(21)24/h2-13,17,24,27H,14-16H2,1H3,(H,26,28). The van der Waals surface area contributed by atoms with E-state index in [1.807, 2.05) is 24.3 Å². The minimum atomic E-state index is -0.925. The van der Waals surface area contributed by atoms with Crippen molar-refractivity contribution in [2.75, 3.05) is 26.9 Å². The molecular formula is C25H25NO6. The number of fused-ring (bicyclic) bond motifs is 3. The van der Waals surface area contributed by atoms with Crippen LogP contribution in [-0.4, -0.2) is 44.2 Å². The number of benzene rings is 3. The number of nitrogens with one attached hydrogen (secondary N) is 1. The van der Waals surface area contributed by atoms with Crippen LogP contribution in [0.5, 0.6) is 11.5 Å². The summed E-state index contributed by atoms with van der Waals surface area (Å²) < 4.78 is 15.9. The van der Waals surface area contributed by atoms with Crippen molar-refractivity contribution in [2.45, 2.75) is 12.0 Å². The zero-order chi connectivity index (χ0) is 22.3. The van der Waals surface area contributed by atoms with E-state index in [1.54, 1.807) is 31.4 Å². The highest BCUT2D eigenvalue weighted by molar-refractivity contribution is 5.79. The van der Waals surface area contributed by atoms with Gasteiger partial charge in [0, 0.05) is 5.92 Å². The molecule has 1 unspecified atom stereocenters. The summed E-state index contributed by atoms with van der Waals surface area (Å²) in [6, 6.07) is 23.2. The van der Waals surface area contributed by atoms with E-state index in [4.69, 9.17) is 19.0 Å². The van der Waals surface area contributed by atoms with Gasteiger partial charge in [-0.05, 0) is 46.5 Å². The molecule has 0 bridgehead atoms. The average molecular weight is 435 g/mol. The van der Waals surface area contributed by atoms with E-state index in [0.717, 1.165) is 22.3 Å². The number of rotatable bonds is 9. The number of aliphatic hydroxyl groups is 1. The molecule has 0 aromatic heterocycles. The number of amides is 1. The van der Waals surface area contributed by atoms with E-state index in [0.29, 0.717) is 11.5 Å². The first-order valence-electron chi connectivity index (χ1n) is 10.3. The van der Waals surface area contributed by atoms with Gasteiger partial charge in [-0.1, -0.05) is 48.5 Å². The Bertz CT molecular complexity index is 1010. The van der Waals surface area contributed by atoms with E-state index in [2.05, 4.69) is 29.7 Å². The zero-order valence-electron chi connectivity index (χ0n) is 17.7. The molecule has 3 aromatic carbocycles. The number of aliphatic hydroxyl groups excluding tert-OH is 1. The van der Waals surface area contributed by atoms with Gasteiger partial charge in [-0.25, -0.2) is 4.79 Å². The smallest absolute Gasteiger partial charge is 0.431 e. The molecule has 0 radical (unpaired) electrons. The maximum atomic E-state index is 12.1. The second-order valence-corrected chi connectivity index (χ2v) is 7.38.